The Morgan fingerprint density at radius 2 is 1.95 bits per heavy atom. The van der Waals surface area contributed by atoms with E-state index in [4.69, 9.17) is 17.3 Å². The molecule has 3 rings (SSSR count). The average Bonchev–Trinajstić information content (AvgIpc) is 2.81. The zero-order valence-corrected chi connectivity index (χ0v) is 11.5. The molecule has 0 fully saturated rings. The van der Waals surface area contributed by atoms with Crippen LogP contribution in [0.25, 0.3) is 10.9 Å². The first-order valence-electron chi connectivity index (χ1n) is 6.27. The molecule has 0 saturated carbocycles. The van der Waals surface area contributed by atoms with Gasteiger partial charge >= 0.3 is 0 Å². The van der Waals surface area contributed by atoms with Crippen LogP contribution in [0, 0.1) is 0 Å². The fraction of sp³-hybridized carbons (Fsp3) is 0.0625. The van der Waals surface area contributed by atoms with Crippen LogP contribution >= 0.6 is 11.6 Å². The van der Waals surface area contributed by atoms with Gasteiger partial charge in [-0.15, -0.1) is 0 Å². The van der Waals surface area contributed by atoms with Crippen molar-refractivity contribution in [1.29, 1.82) is 0 Å². The number of benzene rings is 2. The zero-order chi connectivity index (χ0) is 14.1. The number of carbonyl (C=O) groups is 1. The summed E-state index contributed by atoms with van der Waals surface area (Å²) in [6.07, 6.45) is 1.98. The first-order valence-corrected chi connectivity index (χ1v) is 6.65. The lowest BCUT2D eigenvalue weighted by Crippen LogP contribution is -2.14. The van der Waals surface area contributed by atoms with Crippen molar-refractivity contribution in [2.24, 2.45) is 5.73 Å². The normalized spacial score (nSPS) is 10.8. The van der Waals surface area contributed by atoms with Gasteiger partial charge in [0.25, 0.3) is 0 Å². The van der Waals surface area contributed by atoms with Crippen LogP contribution in [-0.4, -0.2) is 10.5 Å². The second-order valence-electron chi connectivity index (χ2n) is 4.67. The highest BCUT2D eigenvalue weighted by Gasteiger charge is 2.09. The second-order valence-corrected chi connectivity index (χ2v) is 5.10. The summed E-state index contributed by atoms with van der Waals surface area (Å²) >= 11 is 5.98. The number of nitrogens with zero attached hydrogens (tertiary/aromatic N) is 1. The molecule has 1 amide bonds. The number of nitrogens with two attached hydrogens (primary N) is 1. The topological polar surface area (TPSA) is 48.0 Å². The van der Waals surface area contributed by atoms with Crippen molar-refractivity contribution in [3.8, 4) is 0 Å². The van der Waals surface area contributed by atoms with Gasteiger partial charge in [0.15, 0.2) is 0 Å². The molecule has 0 aliphatic rings. The third-order valence-corrected chi connectivity index (χ3v) is 3.59. The number of rotatable bonds is 3. The standard InChI is InChI=1S/C16H13ClN2O/c17-13-5-6-15-11(9-13)7-8-19(15)10-12-3-1-2-4-14(12)16(18)20/h1-9H,10H2,(H2,18,20). The van der Waals surface area contributed by atoms with Crippen LogP contribution in [0.2, 0.25) is 5.02 Å². The van der Waals surface area contributed by atoms with E-state index in [9.17, 15) is 4.79 Å². The molecule has 0 spiro atoms. The number of carbonyl (C=O) groups excluding carboxylic acids is 1. The van der Waals surface area contributed by atoms with E-state index >= 15 is 0 Å². The maximum absolute atomic E-state index is 11.5. The van der Waals surface area contributed by atoms with Crippen molar-refractivity contribution >= 4 is 28.4 Å². The molecule has 0 atom stereocenters. The molecule has 0 aliphatic carbocycles. The average molecular weight is 285 g/mol. The van der Waals surface area contributed by atoms with Crippen molar-refractivity contribution in [2.75, 3.05) is 0 Å². The number of fused-ring (bicyclic) bond motifs is 1. The molecule has 0 unspecified atom stereocenters. The van der Waals surface area contributed by atoms with E-state index in [0.717, 1.165) is 16.5 Å². The molecule has 2 aromatic carbocycles. The van der Waals surface area contributed by atoms with Crippen LogP contribution < -0.4 is 5.73 Å². The predicted octanol–water partition coefficient (Wildman–Crippen LogP) is 3.44. The van der Waals surface area contributed by atoms with Gasteiger partial charge in [0.05, 0.1) is 0 Å². The van der Waals surface area contributed by atoms with Crippen LogP contribution in [0.1, 0.15) is 15.9 Å². The number of aromatic nitrogens is 1. The summed E-state index contributed by atoms with van der Waals surface area (Å²) in [6, 6.07) is 15.2. The number of hydrogen-bond donors (Lipinski definition) is 1. The van der Waals surface area contributed by atoms with Gasteiger partial charge in [0.1, 0.15) is 0 Å². The maximum atomic E-state index is 11.5. The number of halogens is 1. The smallest absolute Gasteiger partial charge is 0.249 e. The van der Waals surface area contributed by atoms with Gasteiger partial charge in [0.2, 0.25) is 5.91 Å². The molecule has 0 aliphatic heterocycles. The summed E-state index contributed by atoms with van der Waals surface area (Å²) in [6.45, 7) is 0.601. The van der Waals surface area contributed by atoms with E-state index in [-0.39, 0.29) is 0 Å². The number of primary amides is 1. The maximum Gasteiger partial charge on any atom is 0.249 e. The summed E-state index contributed by atoms with van der Waals surface area (Å²) in [7, 11) is 0. The largest absolute Gasteiger partial charge is 0.366 e. The Labute approximate surface area is 121 Å². The molecular weight excluding hydrogens is 272 g/mol. The van der Waals surface area contributed by atoms with Gasteiger partial charge in [-0.2, -0.15) is 0 Å². The summed E-state index contributed by atoms with van der Waals surface area (Å²) < 4.78 is 2.08. The lowest BCUT2D eigenvalue weighted by atomic mass is 10.1. The highest BCUT2D eigenvalue weighted by Crippen LogP contribution is 2.22. The van der Waals surface area contributed by atoms with Crippen molar-refractivity contribution in [3.05, 3.63) is 70.9 Å². The van der Waals surface area contributed by atoms with Gasteiger partial charge in [-0.1, -0.05) is 29.8 Å². The summed E-state index contributed by atoms with van der Waals surface area (Å²) in [5.41, 5.74) is 7.96. The third kappa shape index (κ3) is 2.28. The second kappa shape index (κ2) is 5.02. The Hall–Kier alpha value is -2.26. The number of hydrogen-bond acceptors (Lipinski definition) is 1. The first-order chi connectivity index (χ1) is 9.65. The van der Waals surface area contributed by atoms with Crippen LogP contribution in [-0.2, 0) is 6.54 Å². The molecule has 1 aromatic heterocycles. The van der Waals surface area contributed by atoms with Crippen molar-refractivity contribution in [2.45, 2.75) is 6.54 Å². The first kappa shape index (κ1) is 12.8. The van der Waals surface area contributed by atoms with Gasteiger partial charge in [0, 0.05) is 34.2 Å². The Kier molecular flexibility index (Phi) is 3.20. The third-order valence-electron chi connectivity index (χ3n) is 3.36. The Bertz CT molecular complexity index is 792. The van der Waals surface area contributed by atoms with Crippen molar-refractivity contribution in [1.82, 2.24) is 4.57 Å². The highest BCUT2D eigenvalue weighted by atomic mass is 35.5. The van der Waals surface area contributed by atoms with E-state index in [1.54, 1.807) is 6.07 Å². The number of amides is 1. The molecule has 20 heavy (non-hydrogen) atoms. The molecule has 3 nitrogen and oxygen atoms in total. The van der Waals surface area contributed by atoms with Gasteiger partial charge < -0.3 is 10.3 Å². The summed E-state index contributed by atoms with van der Waals surface area (Å²) in [5.74, 6) is -0.403. The predicted molar refractivity (Wildman–Crippen MR) is 81.0 cm³/mol. The molecule has 2 N–H and O–H groups in total. The molecule has 4 heteroatoms. The molecule has 0 saturated heterocycles. The van der Waals surface area contributed by atoms with E-state index in [1.807, 2.05) is 48.7 Å². The van der Waals surface area contributed by atoms with Crippen LogP contribution in [0.15, 0.2) is 54.7 Å². The van der Waals surface area contributed by atoms with Crippen LogP contribution in [0.4, 0.5) is 0 Å². The van der Waals surface area contributed by atoms with E-state index < -0.39 is 5.91 Å². The Balaban J connectivity index is 2.04. The lowest BCUT2D eigenvalue weighted by Gasteiger charge is -2.09. The fourth-order valence-corrected chi connectivity index (χ4v) is 2.57. The van der Waals surface area contributed by atoms with Gasteiger partial charge in [-0.05, 0) is 35.9 Å². The van der Waals surface area contributed by atoms with Crippen LogP contribution in [0.5, 0.6) is 0 Å². The van der Waals surface area contributed by atoms with Gasteiger partial charge in [-0.3, -0.25) is 4.79 Å². The molecule has 100 valence electrons. The zero-order valence-electron chi connectivity index (χ0n) is 10.7. The highest BCUT2D eigenvalue weighted by molar-refractivity contribution is 6.31. The SMILES string of the molecule is NC(=O)c1ccccc1Cn1ccc2cc(Cl)ccc21. The lowest BCUT2D eigenvalue weighted by molar-refractivity contribution is 0.0999. The Morgan fingerprint density at radius 1 is 1.15 bits per heavy atom. The fourth-order valence-electron chi connectivity index (χ4n) is 2.39. The minimum atomic E-state index is -0.403. The van der Waals surface area contributed by atoms with E-state index in [0.29, 0.717) is 17.1 Å². The molecule has 0 bridgehead atoms. The summed E-state index contributed by atoms with van der Waals surface area (Å²) in [5, 5.41) is 1.79. The molecular formula is C16H13ClN2O. The quantitative estimate of drug-likeness (QED) is 0.787. The molecule has 3 aromatic rings. The van der Waals surface area contributed by atoms with Crippen molar-refractivity contribution in [3.63, 3.8) is 0 Å². The molecule has 1 heterocycles. The minimum absolute atomic E-state index is 0.403. The summed E-state index contributed by atoms with van der Waals surface area (Å²) in [4.78, 5) is 11.5. The van der Waals surface area contributed by atoms with E-state index in [1.165, 1.54) is 0 Å². The minimum Gasteiger partial charge on any atom is -0.366 e. The Morgan fingerprint density at radius 3 is 2.75 bits per heavy atom. The van der Waals surface area contributed by atoms with Gasteiger partial charge in [-0.25, -0.2) is 0 Å². The molecule has 0 radical (unpaired) electrons. The monoisotopic (exact) mass is 284 g/mol. The van der Waals surface area contributed by atoms with E-state index in [2.05, 4.69) is 4.57 Å². The van der Waals surface area contributed by atoms with Crippen LogP contribution in [0.3, 0.4) is 0 Å². The van der Waals surface area contributed by atoms with Crippen molar-refractivity contribution < 1.29 is 4.79 Å².